The van der Waals surface area contributed by atoms with E-state index in [1.54, 1.807) is 35.6 Å². The number of ether oxygens (including phenoxy) is 1. The fourth-order valence-corrected chi connectivity index (χ4v) is 3.47. The smallest absolute Gasteiger partial charge is 0.340 e. The Balaban J connectivity index is 1.66. The van der Waals surface area contributed by atoms with Gasteiger partial charge in [0.05, 0.1) is 16.3 Å². The average Bonchev–Trinajstić information content (AvgIpc) is 3.16. The Hall–Kier alpha value is -1.69. The summed E-state index contributed by atoms with van der Waals surface area (Å²) in [5.41, 5.74) is 2.20. The lowest BCUT2D eigenvalue weighted by molar-refractivity contribution is 0.0468. The van der Waals surface area contributed by atoms with Gasteiger partial charge in [0.1, 0.15) is 11.6 Å². The summed E-state index contributed by atoms with van der Waals surface area (Å²) in [6, 6.07) is 8.84. The topological polar surface area (TPSA) is 39.2 Å². The summed E-state index contributed by atoms with van der Waals surface area (Å²) in [5.74, 6) is -0.439. The molecule has 106 valence electrons. The van der Waals surface area contributed by atoms with Crippen molar-refractivity contribution in [3.63, 3.8) is 0 Å². The number of hydrogen-bond acceptors (Lipinski definition) is 5. The maximum absolute atomic E-state index is 11.9. The molecule has 2 aromatic heterocycles. The van der Waals surface area contributed by atoms with Crippen LogP contribution in [0.4, 0.5) is 0 Å². The van der Waals surface area contributed by atoms with Crippen molar-refractivity contribution in [3.05, 3.63) is 62.8 Å². The van der Waals surface area contributed by atoms with Gasteiger partial charge in [0.2, 0.25) is 0 Å². The molecule has 0 fully saturated rings. The van der Waals surface area contributed by atoms with E-state index >= 15 is 0 Å². The van der Waals surface area contributed by atoms with Crippen molar-refractivity contribution in [2.24, 2.45) is 0 Å². The molecule has 0 unspecified atom stereocenters. The predicted molar refractivity (Wildman–Crippen MR) is 86.0 cm³/mol. The number of thiazole rings is 1. The Bertz CT molecular complexity index is 753. The number of carbonyl (C=O) groups excluding carboxylic acids is 1. The van der Waals surface area contributed by atoms with Crippen molar-refractivity contribution >= 4 is 40.2 Å². The average molecular weight is 336 g/mol. The number of halogens is 1. The molecule has 0 saturated carbocycles. The molecule has 3 nitrogen and oxygen atoms in total. The van der Waals surface area contributed by atoms with Gasteiger partial charge in [0.25, 0.3) is 0 Å². The van der Waals surface area contributed by atoms with Crippen molar-refractivity contribution in [1.82, 2.24) is 4.98 Å². The fourth-order valence-electron chi connectivity index (χ4n) is 1.74. The van der Waals surface area contributed by atoms with Crippen LogP contribution in [0.2, 0.25) is 5.02 Å². The Morgan fingerprint density at radius 2 is 2.10 bits per heavy atom. The van der Waals surface area contributed by atoms with Gasteiger partial charge in [-0.15, -0.1) is 11.3 Å². The van der Waals surface area contributed by atoms with Crippen molar-refractivity contribution in [2.45, 2.75) is 6.61 Å². The second-order valence-corrected chi connectivity index (χ2v) is 6.26. The van der Waals surface area contributed by atoms with Crippen molar-refractivity contribution in [2.75, 3.05) is 0 Å². The van der Waals surface area contributed by atoms with Gasteiger partial charge in [-0.1, -0.05) is 23.7 Å². The minimum Gasteiger partial charge on any atom is -0.456 e. The lowest BCUT2D eigenvalue weighted by Gasteiger charge is -2.04. The minimum atomic E-state index is -0.439. The Morgan fingerprint density at radius 3 is 2.86 bits per heavy atom. The van der Waals surface area contributed by atoms with Crippen molar-refractivity contribution in [3.8, 4) is 10.6 Å². The normalized spacial score (nSPS) is 10.5. The van der Waals surface area contributed by atoms with Crippen LogP contribution >= 0.6 is 34.3 Å². The predicted octanol–water partition coefficient (Wildman–Crippen LogP) is 4.88. The van der Waals surface area contributed by atoms with E-state index < -0.39 is 5.97 Å². The van der Waals surface area contributed by atoms with Crippen LogP contribution in [-0.2, 0) is 11.3 Å². The summed E-state index contributed by atoms with van der Waals surface area (Å²) in [6.07, 6.45) is 0. The first-order valence-electron chi connectivity index (χ1n) is 6.12. The molecule has 0 aliphatic heterocycles. The SMILES string of the molecule is O=C(OCc1csc(-c2ccsc2)n1)c1ccccc1Cl. The summed E-state index contributed by atoms with van der Waals surface area (Å²) in [4.78, 5) is 16.4. The maximum Gasteiger partial charge on any atom is 0.340 e. The summed E-state index contributed by atoms with van der Waals surface area (Å²) >= 11 is 9.12. The van der Waals surface area contributed by atoms with Crippen molar-refractivity contribution < 1.29 is 9.53 Å². The van der Waals surface area contributed by atoms with Gasteiger partial charge in [0.15, 0.2) is 0 Å². The molecule has 0 spiro atoms. The molecule has 3 aromatic rings. The molecular weight excluding hydrogens is 326 g/mol. The van der Waals surface area contributed by atoms with Gasteiger partial charge < -0.3 is 4.74 Å². The molecule has 0 radical (unpaired) electrons. The van der Waals surface area contributed by atoms with E-state index in [0.717, 1.165) is 16.3 Å². The van der Waals surface area contributed by atoms with Crippen LogP contribution in [0.25, 0.3) is 10.6 Å². The van der Waals surface area contributed by atoms with Crippen LogP contribution in [-0.4, -0.2) is 11.0 Å². The van der Waals surface area contributed by atoms with Crippen LogP contribution < -0.4 is 0 Å². The third-order valence-electron chi connectivity index (χ3n) is 2.76. The van der Waals surface area contributed by atoms with E-state index in [-0.39, 0.29) is 6.61 Å². The highest BCUT2D eigenvalue weighted by atomic mass is 35.5. The molecule has 6 heteroatoms. The molecule has 0 saturated heterocycles. The van der Waals surface area contributed by atoms with Crippen LogP contribution in [0, 0.1) is 0 Å². The van der Waals surface area contributed by atoms with Crippen molar-refractivity contribution in [1.29, 1.82) is 0 Å². The number of benzene rings is 1. The Kier molecular flexibility index (Phi) is 4.34. The number of aromatic nitrogens is 1. The molecule has 0 N–H and O–H groups in total. The molecule has 0 aliphatic carbocycles. The van der Waals surface area contributed by atoms with E-state index in [1.807, 2.05) is 22.2 Å². The zero-order valence-corrected chi connectivity index (χ0v) is 13.2. The largest absolute Gasteiger partial charge is 0.456 e. The van der Waals surface area contributed by atoms with Gasteiger partial charge >= 0.3 is 5.97 Å². The van der Waals surface area contributed by atoms with E-state index in [1.165, 1.54) is 11.3 Å². The molecule has 3 rings (SSSR count). The second kappa shape index (κ2) is 6.39. The lowest BCUT2D eigenvalue weighted by Crippen LogP contribution is -2.06. The summed E-state index contributed by atoms with van der Waals surface area (Å²) in [7, 11) is 0. The highest BCUT2D eigenvalue weighted by molar-refractivity contribution is 7.14. The molecule has 0 amide bonds. The van der Waals surface area contributed by atoms with Gasteiger partial charge in [-0.05, 0) is 23.6 Å². The Labute approximate surface area is 134 Å². The van der Waals surface area contributed by atoms with Gasteiger partial charge in [-0.3, -0.25) is 0 Å². The molecule has 0 aliphatic rings. The number of carbonyl (C=O) groups is 1. The first-order valence-corrected chi connectivity index (χ1v) is 8.33. The van der Waals surface area contributed by atoms with Gasteiger partial charge in [0, 0.05) is 16.3 Å². The first-order chi connectivity index (χ1) is 10.2. The first kappa shape index (κ1) is 14.3. The van der Waals surface area contributed by atoms with Crippen LogP contribution in [0.3, 0.4) is 0 Å². The van der Waals surface area contributed by atoms with Gasteiger partial charge in [-0.25, -0.2) is 9.78 Å². The zero-order valence-electron chi connectivity index (χ0n) is 10.8. The number of hydrogen-bond donors (Lipinski definition) is 0. The van der Waals surface area contributed by atoms with E-state index in [0.29, 0.717) is 10.6 Å². The second-order valence-electron chi connectivity index (χ2n) is 4.21. The number of rotatable bonds is 4. The van der Waals surface area contributed by atoms with Gasteiger partial charge in [-0.2, -0.15) is 11.3 Å². The quantitative estimate of drug-likeness (QED) is 0.638. The monoisotopic (exact) mass is 335 g/mol. The van der Waals surface area contributed by atoms with E-state index in [9.17, 15) is 4.79 Å². The fraction of sp³-hybridized carbons (Fsp3) is 0.0667. The maximum atomic E-state index is 11.9. The summed E-state index contributed by atoms with van der Waals surface area (Å²) < 4.78 is 5.25. The summed E-state index contributed by atoms with van der Waals surface area (Å²) in [5, 5.41) is 7.26. The Morgan fingerprint density at radius 1 is 1.24 bits per heavy atom. The zero-order chi connectivity index (χ0) is 14.7. The third kappa shape index (κ3) is 3.32. The lowest BCUT2D eigenvalue weighted by atomic mass is 10.2. The van der Waals surface area contributed by atoms with Crippen LogP contribution in [0.1, 0.15) is 16.1 Å². The van der Waals surface area contributed by atoms with E-state index in [4.69, 9.17) is 16.3 Å². The minimum absolute atomic E-state index is 0.144. The van der Waals surface area contributed by atoms with E-state index in [2.05, 4.69) is 4.98 Å². The standard InChI is InChI=1S/C15H10ClNO2S2/c16-13-4-2-1-3-12(13)15(18)19-7-11-9-21-14(17-11)10-5-6-20-8-10/h1-6,8-9H,7H2. The number of thiophene rings is 1. The third-order valence-corrected chi connectivity index (χ3v) is 4.72. The molecule has 21 heavy (non-hydrogen) atoms. The molecular formula is C15H10ClNO2S2. The van der Waals surface area contributed by atoms with Crippen LogP contribution in [0.15, 0.2) is 46.5 Å². The summed E-state index contributed by atoms with van der Waals surface area (Å²) in [6.45, 7) is 0.144. The van der Waals surface area contributed by atoms with Crippen LogP contribution in [0.5, 0.6) is 0 Å². The highest BCUT2D eigenvalue weighted by Gasteiger charge is 2.12. The molecule has 1 aromatic carbocycles. The number of esters is 1. The molecule has 0 bridgehead atoms. The molecule has 0 atom stereocenters. The molecule has 2 heterocycles. The highest BCUT2D eigenvalue weighted by Crippen LogP contribution is 2.26. The number of nitrogens with zero attached hydrogens (tertiary/aromatic N) is 1.